The molecular weight excluding hydrogens is 659 g/mol. The summed E-state index contributed by atoms with van der Waals surface area (Å²) in [6.45, 7) is 4.99. The van der Waals surface area contributed by atoms with Gasteiger partial charge in [0.2, 0.25) is 0 Å². The highest BCUT2D eigenvalue weighted by Crippen LogP contribution is 2.48. The van der Waals surface area contributed by atoms with Gasteiger partial charge in [-0.05, 0) is 79.7 Å². The average molecular weight is 694 g/mol. The van der Waals surface area contributed by atoms with E-state index in [1.807, 2.05) is 0 Å². The molecule has 0 bridgehead atoms. The molecule has 3 nitrogen and oxygen atoms in total. The van der Waals surface area contributed by atoms with Crippen molar-refractivity contribution in [3.63, 3.8) is 0 Å². The molecular formula is C48H34BN2OSi. The average Bonchev–Trinajstić information content (AvgIpc) is 3.58. The number of hydrogen-bond donors (Lipinski definition) is 1. The Bertz CT molecular complexity index is 2930. The molecule has 2 aliphatic heterocycles. The van der Waals surface area contributed by atoms with Gasteiger partial charge in [0.05, 0.1) is 11.1 Å². The van der Waals surface area contributed by atoms with E-state index in [9.17, 15) is 0 Å². The first kappa shape index (κ1) is 30.3. The summed E-state index contributed by atoms with van der Waals surface area (Å²) in [4.78, 5) is 2.57. The minimum absolute atomic E-state index is 0.889. The van der Waals surface area contributed by atoms with Gasteiger partial charge in [-0.3, -0.25) is 0 Å². The number of hydrogen-bond acceptors (Lipinski definition) is 3. The molecule has 0 atom stereocenters. The Morgan fingerprint density at radius 3 is 2.17 bits per heavy atom. The van der Waals surface area contributed by atoms with Gasteiger partial charge in [0, 0.05) is 33.7 Å². The van der Waals surface area contributed by atoms with Gasteiger partial charge in [0.25, 0.3) is 0 Å². The van der Waals surface area contributed by atoms with Gasteiger partial charge in [-0.15, -0.1) is 0 Å². The van der Waals surface area contributed by atoms with Crippen molar-refractivity contribution < 1.29 is 4.42 Å². The Morgan fingerprint density at radius 1 is 0.585 bits per heavy atom. The summed E-state index contributed by atoms with van der Waals surface area (Å²) in [5.74, 6) is 0. The van der Waals surface area contributed by atoms with Crippen LogP contribution in [-0.4, -0.2) is 15.4 Å². The van der Waals surface area contributed by atoms with Crippen molar-refractivity contribution in [2.75, 3.05) is 10.2 Å². The van der Waals surface area contributed by atoms with Crippen LogP contribution in [0.3, 0.4) is 0 Å². The van der Waals surface area contributed by atoms with E-state index < -0.39 is 8.07 Å². The lowest BCUT2D eigenvalue weighted by Gasteiger charge is -2.45. The van der Waals surface area contributed by atoms with E-state index in [0.29, 0.717) is 0 Å². The molecule has 1 N–H and O–H groups in total. The van der Waals surface area contributed by atoms with Gasteiger partial charge in [-0.25, -0.2) is 0 Å². The van der Waals surface area contributed by atoms with Crippen molar-refractivity contribution in [1.29, 1.82) is 0 Å². The molecule has 1 aromatic heterocycles. The van der Waals surface area contributed by atoms with Crippen LogP contribution < -0.4 is 31.5 Å². The zero-order valence-electron chi connectivity index (χ0n) is 29.5. The number of para-hydroxylation sites is 3. The summed E-state index contributed by atoms with van der Waals surface area (Å²) in [5.41, 5.74) is 14.8. The minimum atomic E-state index is -2.00. The minimum Gasteiger partial charge on any atom is -0.456 e. The molecule has 0 saturated heterocycles. The molecule has 249 valence electrons. The van der Waals surface area contributed by atoms with Crippen molar-refractivity contribution in [2.45, 2.75) is 13.1 Å². The van der Waals surface area contributed by atoms with E-state index in [0.717, 1.165) is 44.4 Å². The lowest BCUT2D eigenvalue weighted by molar-refractivity contribution is 0.669. The maximum absolute atomic E-state index is 6.81. The van der Waals surface area contributed by atoms with Crippen LogP contribution in [0.1, 0.15) is 0 Å². The Hall–Kier alpha value is -6.30. The monoisotopic (exact) mass is 693 g/mol. The highest BCUT2D eigenvalue weighted by Gasteiger charge is 2.43. The highest BCUT2D eigenvalue weighted by atomic mass is 28.3. The maximum Gasteiger partial charge on any atom is 0.197 e. The molecule has 9 aromatic rings. The molecule has 1 radical (unpaired) electrons. The van der Waals surface area contributed by atoms with Crippen LogP contribution in [0.15, 0.2) is 168 Å². The van der Waals surface area contributed by atoms with Gasteiger partial charge in [-0.2, -0.15) is 0 Å². The van der Waals surface area contributed by atoms with Crippen LogP contribution >= 0.6 is 0 Å². The molecule has 0 amide bonds. The van der Waals surface area contributed by atoms with E-state index in [4.69, 9.17) is 4.42 Å². The molecule has 0 saturated carbocycles. The number of nitrogens with one attached hydrogen (secondary N) is 1. The molecule has 2 aliphatic rings. The van der Waals surface area contributed by atoms with Gasteiger partial charge >= 0.3 is 0 Å². The van der Waals surface area contributed by atoms with E-state index in [1.54, 1.807) is 0 Å². The van der Waals surface area contributed by atoms with Crippen LogP contribution in [0.5, 0.6) is 0 Å². The summed E-state index contributed by atoms with van der Waals surface area (Å²) in [6.07, 6.45) is 0. The molecule has 0 fully saturated rings. The number of benzene rings is 8. The van der Waals surface area contributed by atoms with Crippen LogP contribution in [-0.2, 0) is 0 Å². The first-order valence-electron chi connectivity index (χ1n) is 18.4. The summed E-state index contributed by atoms with van der Waals surface area (Å²) < 4.78 is 6.81. The van der Waals surface area contributed by atoms with Crippen molar-refractivity contribution in [3.8, 4) is 22.3 Å². The number of rotatable bonds is 4. The fraction of sp³-hybridized carbons (Fsp3) is 0.0417. The summed E-state index contributed by atoms with van der Waals surface area (Å²) >= 11 is 0. The second kappa shape index (κ2) is 11.3. The van der Waals surface area contributed by atoms with E-state index in [2.05, 4.69) is 194 Å². The lowest BCUT2D eigenvalue weighted by Crippen LogP contribution is -2.62. The van der Waals surface area contributed by atoms with Crippen molar-refractivity contribution in [2.24, 2.45) is 0 Å². The first-order chi connectivity index (χ1) is 26.0. The maximum atomic E-state index is 6.81. The third-order valence-corrected chi connectivity index (χ3v) is 15.0. The summed E-state index contributed by atoms with van der Waals surface area (Å²) in [6, 6.07) is 59.3. The quantitative estimate of drug-likeness (QED) is 0.186. The molecule has 0 aliphatic carbocycles. The van der Waals surface area contributed by atoms with E-state index in [1.165, 1.54) is 60.3 Å². The van der Waals surface area contributed by atoms with E-state index in [-0.39, 0.29) is 0 Å². The smallest absolute Gasteiger partial charge is 0.197 e. The number of anilines is 5. The van der Waals surface area contributed by atoms with Gasteiger partial charge in [-0.1, -0.05) is 146 Å². The van der Waals surface area contributed by atoms with Crippen molar-refractivity contribution in [3.05, 3.63) is 164 Å². The van der Waals surface area contributed by atoms with Crippen molar-refractivity contribution in [1.82, 2.24) is 0 Å². The van der Waals surface area contributed by atoms with Gasteiger partial charge in [0.15, 0.2) is 7.28 Å². The molecule has 0 unspecified atom stereocenters. The Labute approximate surface area is 310 Å². The predicted molar refractivity (Wildman–Crippen MR) is 228 cm³/mol. The standard InChI is InChI=1S/C48H34BN2OSi/c1-53(2)42-21-11-9-19-39(42)51-47-37(18-12-22-43(47)53)49-46-36(29-41-45(48(46)51)35-17-8-10-20-40(35)52-41)44-34-16-7-6-15-32(34)25-28-38(44)50-33-26-23-31(24-27-33)30-13-4-3-5-14-30/h3-29,50H,1-2H3. The van der Waals surface area contributed by atoms with Gasteiger partial charge < -0.3 is 14.6 Å². The highest BCUT2D eigenvalue weighted by molar-refractivity contribution is 7.03. The third-order valence-electron chi connectivity index (χ3n) is 11.5. The number of furan rings is 1. The second-order valence-corrected chi connectivity index (χ2v) is 19.1. The van der Waals surface area contributed by atoms with Crippen LogP contribution in [0, 0.1) is 0 Å². The van der Waals surface area contributed by atoms with Crippen molar-refractivity contribution >= 4 is 97.8 Å². The normalized spacial score (nSPS) is 13.7. The molecule has 11 rings (SSSR count). The van der Waals surface area contributed by atoms with Gasteiger partial charge in [0.1, 0.15) is 19.2 Å². The fourth-order valence-electron chi connectivity index (χ4n) is 8.95. The Balaban J connectivity index is 1.20. The largest absolute Gasteiger partial charge is 0.456 e. The van der Waals surface area contributed by atoms with Crippen LogP contribution in [0.2, 0.25) is 13.1 Å². The molecule has 5 heteroatoms. The summed E-state index contributed by atoms with van der Waals surface area (Å²) in [5, 5.41) is 11.5. The Kier molecular flexibility index (Phi) is 6.50. The zero-order valence-corrected chi connectivity index (χ0v) is 30.5. The topological polar surface area (TPSA) is 28.4 Å². The van der Waals surface area contributed by atoms with Crippen LogP contribution in [0.25, 0.3) is 55.0 Å². The van der Waals surface area contributed by atoms with Crippen LogP contribution in [0.4, 0.5) is 28.4 Å². The molecule has 0 spiro atoms. The zero-order chi connectivity index (χ0) is 35.3. The third kappa shape index (κ3) is 4.47. The second-order valence-electron chi connectivity index (χ2n) is 14.8. The fourth-order valence-corrected chi connectivity index (χ4v) is 11.9. The molecule has 8 aromatic carbocycles. The lowest BCUT2D eigenvalue weighted by atomic mass is 9.57. The molecule has 3 heterocycles. The summed E-state index contributed by atoms with van der Waals surface area (Å²) in [7, 11) is 0.444. The first-order valence-corrected chi connectivity index (χ1v) is 21.4. The number of fused-ring (bicyclic) bond motifs is 9. The molecule has 53 heavy (non-hydrogen) atoms. The number of nitrogens with zero attached hydrogens (tertiary/aromatic N) is 1. The van der Waals surface area contributed by atoms with E-state index >= 15 is 0 Å². The predicted octanol–water partition coefficient (Wildman–Crippen LogP) is 10.4. The SMILES string of the molecule is C[Si]1(C)c2ccccc2N2c3c(cccc31)[B]c1c(-c3c(Nc4ccc(-c5ccccc5)cc4)ccc4ccccc34)cc3oc4ccccc4c3c12. The Morgan fingerprint density at radius 2 is 1.30 bits per heavy atom.